The fraction of sp³-hybridized carbons (Fsp3) is 0.880. The lowest BCUT2D eigenvalue weighted by atomic mass is 9.85. The Morgan fingerprint density at radius 3 is 2.74 bits per heavy atom. The molecule has 11 atom stereocenters. The quantitative estimate of drug-likeness (QED) is 0.280. The second kappa shape index (κ2) is 12.2. The molecule has 4 heterocycles. The molecular weight excluding hydrogens is 472 g/mol. The normalized spacial score (nSPS) is 45.4. The number of carbonyl (C=O) groups excluding carboxylic acids is 1. The molecule has 2 bridgehead atoms. The first-order chi connectivity index (χ1) is 16.8. The largest absolute Gasteiger partial charge is 0.396 e. The molecule has 35 heavy (non-hydrogen) atoms. The number of hydrogen-bond donors (Lipinski definition) is 6. The van der Waals surface area contributed by atoms with Crippen molar-refractivity contribution in [2.24, 2.45) is 23.7 Å². The van der Waals surface area contributed by atoms with Crippen molar-refractivity contribution in [3.8, 4) is 0 Å². The van der Waals surface area contributed by atoms with Crippen LogP contribution in [0.25, 0.3) is 0 Å². The Morgan fingerprint density at radius 1 is 1.20 bits per heavy atom. The van der Waals surface area contributed by atoms with Gasteiger partial charge >= 0.3 is 0 Å². The molecule has 4 aliphatic heterocycles. The summed E-state index contributed by atoms with van der Waals surface area (Å²) in [5.41, 5.74) is -0.768. The van der Waals surface area contributed by atoms with Crippen LogP contribution in [0.1, 0.15) is 39.5 Å². The summed E-state index contributed by atoms with van der Waals surface area (Å²) in [7, 11) is 0. The van der Waals surface area contributed by atoms with Gasteiger partial charge in [0.25, 0.3) is 0 Å². The van der Waals surface area contributed by atoms with Crippen LogP contribution in [0.5, 0.6) is 0 Å². The molecule has 9 nitrogen and oxygen atoms in total. The molecule has 0 spiro atoms. The average molecular weight is 515 g/mol. The summed E-state index contributed by atoms with van der Waals surface area (Å²) in [6, 6.07) is -1.11. The zero-order valence-electron chi connectivity index (χ0n) is 20.7. The maximum Gasteiger partial charge on any atom is 0.240 e. The molecule has 6 N–H and O–H groups in total. The summed E-state index contributed by atoms with van der Waals surface area (Å²) >= 11 is 1.29. The Labute approximate surface area is 212 Å². The fourth-order valence-electron chi connectivity index (χ4n) is 5.97. The van der Waals surface area contributed by atoms with Gasteiger partial charge in [0.1, 0.15) is 35.9 Å². The van der Waals surface area contributed by atoms with Crippen LogP contribution in [0.15, 0.2) is 12.2 Å². The minimum absolute atomic E-state index is 0.0534. The highest BCUT2D eigenvalue weighted by Gasteiger charge is 2.49. The number of aliphatic hydroxyl groups excluding tert-OH is 4. The first-order valence-corrected chi connectivity index (χ1v) is 14.1. The van der Waals surface area contributed by atoms with E-state index in [0.29, 0.717) is 30.6 Å². The lowest BCUT2D eigenvalue weighted by Gasteiger charge is -2.44. The third kappa shape index (κ3) is 6.41. The molecule has 10 heteroatoms. The van der Waals surface area contributed by atoms with Gasteiger partial charge in [0.2, 0.25) is 5.91 Å². The van der Waals surface area contributed by atoms with Gasteiger partial charge < -0.3 is 40.5 Å². The van der Waals surface area contributed by atoms with Crippen molar-refractivity contribution in [3.05, 3.63) is 12.2 Å². The van der Waals surface area contributed by atoms with Gasteiger partial charge in [0, 0.05) is 24.8 Å². The van der Waals surface area contributed by atoms with Gasteiger partial charge in [-0.2, -0.15) is 0 Å². The molecule has 2 unspecified atom stereocenters. The van der Waals surface area contributed by atoms with Crippen molar-refractivity contribution in [3.63, 3.8) is 0 Å². The van der Waals surface area contributed by atoms with Crippen LogP contribution in [0.2, 0.25) is 0 Å². The highest BCUT2D eigenvalue weighted by molar-refractivity contribution is 7.99. The molecule has 3 fully saturated rings. The number of fused-ring (bicyclic) bond motifs is 3. The van der Waals surface area contributed by atoms with E-state index in [4.69, 9.17) is 9.47 Å². The number of ether oxygens (including phenoxy) is 2. The summed E-state index contributed by atoms with van der Waals surface area (Å²) in [4.78, 5) is 13.5. The van der Waals surface area contributed by atoms with Crippen molar-refractivity contribution < 1.29 is 34.7 Å². The molecular formula is C25H42N2O7S. The first kappa shape index (κ1) is 27.3. The van der Waals surface area contributed by atoms with Crippen molar-refractivity contribution in [2.75, 3.05) is 25.5 Å². The van der Waals surface area contributed by atoms with Gasteiger partial charge in [-0.15, -0.1) is 11.8 Å². The smallest absolute Gasteiger partial charge is 0.240 e. The molecule has 0 saturated carbocycles. The Bertz CT molecular complexity index is 741. The molecule has 0 aromatic heterocycles. The van der Waals surface area contributed by atoms with Crippen LogP contribution >= 0.6 is 11.8 Å². The number of nitrogens with one attached hydrogen (secondary N) is 2. The van der Waals surface area contributed by atoms with Gasteiger partial charge in [-0.3, -0.25) is 4.79 Å². The van der Waals surface area contributed by atoms with Gasteiger partial charge in [-0.25, -0.2) is 0 Å². The molecule has 4 rings (SSSR count). The molecule has 1 amide bonds. The zero-order valence-corrected chi connectivity index (χ0v) is 21.5. The van der Waals surface area contributed by atoms with E-state index in [0.717, 1.165) is 25.8 Å². The third-order valence-corrected chi connectivity index (χ3v) is 9.13. The van der Waals surface area contributed by atoms with Gasteiger partial charge in [0.05, 0.1) is 18.8 Å². The van der Waals surface area contributed by atoms with E-state index in [9.17, 15) is 25.2 Å². The van der Waals surface area contributed by atoms with E-state index in [1.165, 1.54) is 11.8 Å². The van der Waals surface area contributed by atoms with Gasteiger partial charge in [-0.1, -0.05) is 26.0 Å². The molecule has 3 saturated heterocycles. The summed E-state index contributed by atoms with van der Waals surface area (Å²) in [5, 5.41) is 47.7. The van der Waals surface area contributed by atoms with Gasteiger partial charge in [0.15, 0.2) is 0 Å². The second-order valence-corrected chi connectivity index (χ2v) is 12.1. The number of aliphatic hydroxyl groups is 4. The van der Waals surface area contributed by atoms with Crippen LogP contribution < -0.4 is 10.6 Å². The Kier molecular flexibility index (Phi) is 9.53. The summed E-state index contributed by atoms with van der Waals surface area (Å²) in [6.45, 7) is 5.80. The van der Waals surface area contributed by atoms with E-state index >= 15 is 0 Å². The standard InChI is InChI=1S/C25H42N2O7S/c1-13(2)8-14-6-7-33-22-16(9-14)10-26-18(22)24(32)27-17-5-3-4-15(11-28)12-35-25-21(31)19(29)20(30)23(17)34-25/h3-4,13-23,25-26,28-31H,5-12H2,1-2H3,(H,27,32)/b4-3+/t14-,15-,16-,17+,18-,19+,20?,21+,22+,23+,25?/m0/s1. The maximum absolute atomic E-state index is 13.5. The van der Waals surface area contributed by atoms with Crippen LogP contribution in [0, 0.1) is 23.7 Å². The van der Waals surface area contributed by atoms with E-state index in [-0.39, 0.29) is 30.5 Å². The average Bonchev–Trinajstić information content (AvgIpc) is 3.11. The van der Waals surface area contributed by atoms with E-state index in [1.807, 2.05) is 12.2 Å². The van der Waals surface area contributed by atoms with Crippen molar-refractivity contribution >= 4 is 17.7 Å². The minimum atomic E-state index is -1.39. The molecule has 0 aromatic rings. The first-order valence-electron chi connectivity index (χ1n) is 13.0. The maximum atomic E-state index is 13.5. The SMILES string of the molecule is CC(C)C[C@@H]1CCO[C@@H]2[C@H](CN[C@@H]2C(=O)N[C@@H]2C/C=C/[C@@H](CO)CSC3O[C@H]2C(O)[C@@H](O)[C@H]3O)C1. The lowest BCUT2D eigenvalue weighted by Crippen LogP contribution is -2.64. The molecule has 4 aliphatic rings. The third-order valence-electron chi connectivity index (χ3n) is 7.79. The van der Waals surface area contributed by atoms with Crippen molar-refractivity contribution in [1.82, 2.24) is 10.6 Å². The minimum Gasteiger partial charge on any atom is -0.396 e. The van der Waals surface area contributed by atoms with E-state index < -0.39 is 41.9 Å². The number of rotatable bonds is 5. The predicted molar refractivity (Wildman–Crippen MR) is 133 cm³/mol. The van der Waals surface area contributed by atoms with Crippen LogP contribution in [0.3, 0.4) is 0 Å². The Morgan fingerprint density at radius 2 is 2.00 bits per heavy atom. The lowest BCUT2D eigenvalue weighted by molar-refractivity contribution is -0.205. The van der Waals surface area contributed by atoms with Crippen molar-refractivity contribution in [2.45, 2.75) is 87.6 Å². The van der Waals surface area contributed by atoms with E-state index in [1.54, 1.807) is 0 Å². The van der Waals surface area contributed by atoms with Crippen molar-refractivity contribution in [1.29, 1.82) is 0 Å². The topological polar surface area (TPSA) is 141 Å². The number of carbonyl (C=O) groups is 1. The van der Waals surface area contributed by atoms with Gasteiger partial charge in [-0.05, 0) is 43.4 Å². The highest BCUT2D eigenvalue weighted by atomic mass is 32.2. The summed E-state index contributed by atoms with van der Waals surface area (Å²) < 4.78 is 12.2. The molecule has 0 aromatic carbocycles. The predicted octanol–water partition coefficient (Wildman–Crippen LogP) is 0.00970. The number of hydrogen-bond acceptors (Lipinski definition) is 9. The van der Waals surface area contributed by atoms with E-state index in [2.05, 4.69) is 24.5 Å². The van der Waals surface area contributed by atoms with Crippen LogP contribution in [0.4, 0.5) is 0 Å². The summed E-state index contributed by atoms with van der Waals surface area (Å²) in [6.07, 6.45) is 2.28. The summed E-state index contributed by atoms with van der Waals surface area (Å²) in [5.74, 6) is 1.67. The number of amides is 1. The van der Waals surface area contributed by atoms with Crippen LogP contribution in [-0.4, -0.2) is 99.9 Å². The monoisotopic (exact) mass is 514 g/mol. The Balaban J connectivity index is 1.47. The van der Waals surface area contributed by atoms with Crippen LogP contribution in [-0.2, 0) is 14.3 Å². The molecule has 200 valence electrons. The number of thioether (sulfide) groups is 1. The highest BCUT2D eigenvalue weighted by Crippen LogP contribution is 2.35. The second-order valence-electron chi connectivity index (χ2n) is 11.0. The molecule has 0 aliphatic carbocycles. The zero-order chi connectivity index (χ0) is 25.1. The molecule has 0 radical (unpaired) electrons. The Hall–Kier alpha value is -0.720. The fourth-order valence-corrected chi connectivity index (χ4v) is 7.19.